The fourth-order valence-corrected chi connectivity index (χ4v) is 5.37. The Bertz CT molecular complexity index is 833. The Hall–Kier alpha value is -1.36. The van der Waals surface area contributed by atoms with Gasteiger partial charge in [-0.2, -0.15) is 17.5 Å². The van der Waals surface area contributed by atoms with E-state index in [-0.39, 0.29) is 29.9 Å². The van der Waals surface area contributed by atoms with Crippen LogP contribution in [0.5, 0.6) is 0 Å². The maximum absolute atomic E-state index is 12.9. The average molecular weight is 441 g/mol. The lowest BCUT2D eigenvalue weighted by Crippen LogP contribution is -2.47. The van der Waals surface area contributed by atoms with Gasteiger partial charge in [0.25, 0.3) is 0 Å². The fourth-order valence-electron chi connectivity index (χ4n) is 3.40. The van der Waals surface area contributed by atoms with Gasteiger partial charge in [-0.3, -0.25) is 4.79 Å². The number of hydrogen-bond acceptors (Lipinski definition) is 4. The monoisotopic (exact) mass is 440 g/mol. The third-order valence-electron chi connectivity index (χ3n) is 5.00. The largest absolute Gasteiger partial charge is 0.416 e. The van der Waals surface area contributed by atoms with Crippen LogP contribution < -0.4 is 0 Å². The second kappa shape index (κ2) is 8.17. The molecule has 1 aromatic carbocycles. The van der Waals surface area contributed by atoms with Crippen LogP contribution in [0.1, 0.15) is 18.4 Å². The number of benzene rings is 1. The van der Waals surface area contributed by atoms with Crippen molar-refractivity contribution >= 4 is 27.5 Å². The highest BCUT2D eigenvalue weighted by Crippen LogP contribution is 2.35. The molecule has 0 atom stereocenters. The highest BCUT2D eigenvalue weighted by atomic mass is 35.5. The summed E-state index contributed by atoms with van der Waals surface area (Å²) < 4.78 is 70.8. The van der Waals surface area contributed by atoms with Gasteiger partial charge in [-0.15, -0.1) is 0 Å². The van der Waals surface area contributed by atoms with E-state index in [2.05, 4.69) is 0 Å². The first kappa shape index (κ1) is 21.4. The molecule has 0 unspecified atom stereocenters. The minimum absolute atomic E-state index is 0.0301. The summed E-state index contributed by atoms with van der Waals surface area (Å²) in [5.41, 5.74) is -1.08. The molecule has 0 saturated carbocycles. The van der Waals surface area contributed by atoms with Gasteiger partial charge in [-0.05, 0) is 31.0 Å². The number of rotatable bonds is 3. The minimum atomic E-state index is -4.67. The van der Waals surface area contributed by atoms with Gasteiger partial charge >= 0.3 is 6.18 Å². The van der Waals surface area contributed by atoms with E-state index in [9.17, 15) is 26.4 Å². The summed E-state index contributed by atoms with van der Waals surface area (Å²) in [5.74, 6) is -0.334. The van der Waals surface area contributed by atoms with Crippen molar-refractivity contribution in [2.45, 2.75) is 23.9 Å². The van der Waals surface area contributed by atoms with E-state index in [0.717, 1.165) is 16.4 Å². The van der Waals surface area contributed by atoms with Gasteiger partial charge < -0.3 is 9.64 Å². The second-order valence-corrected chi connectivity index (χ2v) is 9.07. The molecule has 0 N–H and O–H groups in total. The molecule has 2 saturated heterocycles. The molecule has 0 radical (unpaired) electrons. The molecule has 0 aromatic heterocycles. The lowest BCUT2D eigenvalue weighted by atomic mass is 9.96. The van der Waals surface area contributed by atoms with Crippen LogP contribution in [0.4, 0.5) is 13.2 Å². The highest BCUT2D eigenvalue weighted by molar-refractivity contribution is 7.89. The van der Waals surface area contributed by atoms with Crippen LogP contribution in [0.25, 0.3) is 0 Å². The van der Waals surface area contributed by atoms with Gasteiger partial charge in [0.2, 0.25) is 15.9 Å². The summed E-state index contributed by atoms with van der Waals surface area (Å²) in [6, 6.07) is 2.24. The molecule has 2 aliphatic rings. The Morgan fingerprint density at radius 2 is 1.71 bits per heavy atom. The van der Waals surface area contributed by atoms with Gasteiger partial charge in [-0.25, -0.2) is 8.42 Å². The molecule has 1 aromatic rings. The summed E-state index contributed by atoms with van der Waals surface area (Å²) in [6.45, 7) is 2.08. The first-order valence-electron chi connectivity index (χ1n) is 8.84. The Morgan fingerprint density at radius 3 is 2.29 bits per heavy atom. The Kier molecular flexibility index (Phi) is 6.23. The molecule has 2 heterocycles. The lowest BCUT2D eigenvalue weighted by molar-refractivity contribution is -0.141. The van der Waals surface area contributed by atoms with Crippen molar-refractivity contribution in [2.75, 3.05) is 39.4 Å². The SMILES string of the molecule is O=C(C1CCN(S(=O)(=O)c2cc(C(F)(F)F)ccc2Cl)CC1)N1CCOCC1. The lowest BCUT2D eigenvalue weighted by Gasteiger charge is -2.35. The van der Waals surface area contributed by atoms with Gasteiger partial charge in [0, 0.05) is 32.1 Å². The van der Waals surface area contributed by atoms with Crippen LogP contribution in [-0.2, 0) is 25.7 Å². The number of sulfonamides is 1. The quantitative estimate of drug-likeness (QED) is 0.724. The van der Waals surface area contributed by atoms with E-state index >= 15 is 0 Å². The topological polar surface area (TPSA) is 66.9 Å². The third-order valence-corrected chi connectivity index (χ3v) is 7.38. The van der Waals surface area contributed by atoms with Crippen molar-refractivity contribution < 1.29 is 31.1 Å². The molecular formula is C17H20ClF3N2O4S. The third kappa shape index (κ3) is 4.45. The van der Waals surface area contributed by atoms with Crippen LogP contribution in [0, 0.1) is 5.92 Å². The van der Waals surface area contributed by atoms with E-state index in [1.807, 2.05) is 0 Å². The van der Waals surface area contributed by atoms with Crippen molar-refractivity contribution in [3.63, 3.8) is 0 Å². The summed E-state index contributed by atoms with van der Waals surface area (Å²) in [5, 5.41) is -0.264. The maximum atomic E-state index is 12.9. The molecular weight excluding hydrogens is 421 g/mol. The van der Waals surface area contributed by atoms with Crippen molar-refractivity contribution in [1.29, 1.82) is 0 Å². The molecule has 2 fully saturated rings. The number of piperidine rings is 1. The van der Waals surface area contributed by atoms with Crippen molar-refractivity contribution in [3.8, 4) is 0 Å². The number of amides is 1. The summed E-state index contributed by atoms with van der Waals surface area (Å²) in [6.07, 6.45) is -4.05. The number of ether oxygens (including phenoxy) is 1. The van der Waals surface area contributed by atoms with E-state index in [1.54, 1.807) is 4.90 Å². The van der Waals surface area contributed by atoms with E-state index in [1.165, 1.54) is 0 Å². The minimum Gasteiger partial charge on any atom is -0.378 e. The molecule has 3 rings (SSSR count). The Labute approximate surface area is 166 Å². The predicted molar refractivity (Wildman–Crippen MR) is 95.3 cm³/mol. The summed E-state index contributed by atoms with van der Waals surface area (Å²) in [4.78, 5) is 13.7. The van der Waals surface area contributed by atoms with Crippen LogP contribution >= 0.6 is 11.6 Å². The van der Waals surface area contributed by atoms with E-state index in [0.29, 0.717) is 45.2 Å². The fraction of sp³-hybridized carbons (Fsp3) is 0.588. The molecule has 1 amide bonds. The predicted octanol–water partition coefficient (Wildman–Crippen LogP) is 2.62. The van der Waals surface area contributed by atoms with Gasteiger partial charge in [0.05, 0.1) is 23.8 Å². The van der Waals surface area contributed by atoms with Gasteiger partial charge in [0.1, 0.15) is 4.90 Å². The van der Waals surface area contributed by atoms with Crippen LogP contribution in [-0.4, -0.2) is 62.9 Å². The first-order chi connectivity index (χ1) is 13.1. The standard InChI is InChI=1S/C17H20ClF3N2O4S/c18-14-2-1-13(17(19,20)21)11-15(14)28(25,26)23-5-3-12(4-6-23)16(24)22-7-9-27-10-8-22/h1-2,11-12H,3-10H2. The zero-order valence-corrected chi connectivity index (χ0v) is 16.5. The smallest absolute Gasteiger partial charge is 0.378 e. The molecule has 156 valence electrons. The molecule has 28 heavy (non-hydrogen) atoms. The van der Waals surface area contributed by atoms with Gasteiger partial charge in [-0.1, -0.05) is 11.6 Å². The van der Waals surface area contributed by atoms with Crippen LogP contribution in [0.2, 0.25) is 5.02 Å². The average Bonchev–Trinajstić information content (AvgIpc) is 2.67. The number of hydrogen-bond donors (Lipinski definition) is 0. The molecule has 0 spiro atoms. The van der Waals surface area contributed by atoms with Crippen molar-refractivity contribution in [1.82, 2.24) is 9.21 Å². The summed E-state index contributed by atoms with van der Waals surface area (Å²) >= 11 is 5.88. The van der Waals surface area contributed by atoms with Gasteiger partial charge in [0.15, 0.2) is 0 Å². The number of nitrogens with zero attached hydrogens (tertiary/aromatic N) is 2. The van der Waals surface area contributed by atoms with Crippen LogP contribution in [0.3, 0.4) is 0 Å². The molecule has 11 heteroatoms. The van der Waals surface area contributed by atoms with E-state index < -0.39 is 26.7 Å². The molecule has 0 bridgehead atoms. The number of carbonyl (C=O) groups is 1. The zero-order chi connectivity index (χ0) is 20.5. The Morgan fingerprint density at radius 1 is 1.11 bits per heavy atom. The first-order valence-corrected chi connectivity index (χ1v) is 10.7. The summed E-state index contributed by atoms with van der Waals surface area (Å²) in [7, 11) is -4.19. The molecule has 0 aliphatic carbocycles. The molecule has 2 aliphatic heterocycles. The van der Waals surface area contributed by atoms with Crippen molar-refractivity contribution in [3.05, 3.63) is 28.8 Å². The highest BCUT2D eigenvalue weighted by Gasteiger charge is 2.37. The normalized spacial score (nSPS) is 20.4. The van der Waals surface area contributed by atoms with Crippen LogP contribution in [0.15, 0.2) is 23.1 Å². The maximum Gasteiger partial charge on any atom is 0.416 e. The van der Waals surface area contributed by atoms with E-state index in [4.69, 9.17) is 16.3 Å². The zero-order valence-electron chi connectivity index (χ0n) is 14.9. The number of alkyl halides is 3. The molecule has 6 nitrogen and oxygen atoms in total. The Balaban J connectivity index is 1.72. The van der Waals surface area contributed by atoms with Crippen molar-refractivity contribution in [2.24, 2.45) is 5.92 Å². The second-order valence-electron chi connectivity index (χ2n) is 6.76. The number of halogens is 4. The number of carbonyl (C=O) groups excluding carboxylic acids is 1. The number of morpholine rings is 1.